The number of halogens is 1. The number of aliphatic hydroxyl groups excluding tert-OH is 1. The number of fused-ring (bicyclic) bond motifs is 1. The van der Waals surface area contributed by atoms with Gasteiger partial charge in [0.2, 0.25) is 5.13 Å². The summed E-state index contributed by atoms with van der Waals surface area (Å²) in [5.41, 5.74) is 3.71. The van der Waals surface area contributed by atoms with Gasteiger partial charge in [0.1, 0.15) is 17.2 Å². The molecule has 0 bridgehead atoms. The largest absolute Gasteiger partial charge is 0.505 e. The number of thioether (sulfide) groups is 1. The van der Waals surface area contributed by atoms with Crippen LogP contribution >= 0.6 is 23.1 Å². The summed E-state index contributed by atoms with van der Waals surface area (Å²) in [6.45, 7) is 3.69. The molecule has 1 saturated heterocycles. The van der Waals surface area contributed by atoms with Crippen LogP contribution in [0.15, 0.2) is 77.0 Å². The Balaban J connectivity index is 1.41. The summed E-state index contributed by atoms with van der Waals surface area (Å²) in [5, 5.41) is 20.2. The predicted molar refractivity (Wildman–Crippen MR) is 150 cm³/mol. The third kappa shape index (κ3) is 4.44. The molecule has 0 spiro atoms. The highest BCUT2D eigenvalue weighted by molar-refractivity contribution is 8.00. The fraction of sp³-hybridized carbons (Fsp3) is 0.143. The van der Waals surface area contributed by atoms with Crippen LogP contribution in [0.4, 0.5) is 9.52 Å². The van der Waals surface area contributed by atoms with Gasteiger partial charge in [0.15, 0.2) is 10.1 Å². The molecule has 0 saturated carbocycles. The number of ketones is 1. The van der Waals surface area contributed by atoms with Crippen molar-refractivity contribution in [3.8, 4) is 0 Å². The second-order valence-electron chi connectivity index (χ2n) is 9.15. The molecule has 1 aromatic carbocycles. The zero-order chi connectivity index (χ0) is 28.0. The van der Waals surface area contributed by atoms with Gasteiger partial charge in [-0.05, 0) is 54.8 Å². The van der Waals surface area contributed by atoms with E-state index in [2.05, 4.69) is 20.2 Å². The lowest BCUT2D eigenvalue weighted by atomic mass is 9.98. The Morgan fingerprint density at radius 2 is 1.90 bits per heavy atom. The molecule has 1 unspecified atom stereocenters. The highest BCUT2D eigenvalue weighted by Gasteiger charge is 2.49. The van der Waals surface area contributed by atoms with E-state index in [9.17, 15) is 19.1 Å². The van der Waals surface area contributed by atoms with E-state index in [0.29, 0.717) is 27.0 Å². The number of nitrogens with zero attached hydrogens (tertiary/aromatic N) is 6. The summed E-state index contributed by atoms with van der Waals surface area (Å²) < 4.78 is 15.6. The van der Waals surface area contributed by atoms with E-state index in [-0.39, 0.29) is 28.0 Å². The molecule has 5 aromatic rings. The number of aryl methyl sites for hydroxylation is 2. The molecular formula is C28H21FN6O3S2. The molecule has 4 aromatic heterocycles. The number of amides is 1. The van der Waals surface area contributed by atoms with Crippen molar-refractivity contribution in [1.82, 2.24) is 24.6 Å². The number of pyridine rings is 2. The highest BCUT2D eigenvalue weighted by atomic mass is 32.2. The van der Waals surface area contributed by atoms with Gasteiger partial charge in [-0.15, -0.1) is 10.2 Å². The Labute approximate surface area is 236 Å². The molecule has 1 amide bonds. The minimum absolute atomic E-state index is 0.0992. The fourth-order valence-electron chi connectivity index (χ4n) is 4.64. The standard InChI is InChI=1S/C28H21FN6O3S2/c1-15-5-4-12-34-16(2)21(31-25(15)34)23(36)20-22(18-6-3-11-30-13-18)35(26(38)24(20)37)27-32-33-28(40-27)39-14-17-7-9-19(29)10-8-17/h3-13,22,36H,14H2,1-2H3. The lowest BCUT2D eigenvalue weighted by Gasteiger charge is -2.21. The van der Waals surface area contributed by atoms with Crippen molar-refractivity contribution >= 4 is 51.3 Å². The first-order chi connectivity index (χ1) is 19.3. The van der Waals surface area contributed by atoms with E-state index < -0.39 is 17.7 Å². The van der Waals surface area contributed by atoms with Crippen LogP contribution < -0.4 is 4.90 Å². The SMILES string of the molecule is Cc1cccn2c(C)c(C(O)=C3C(=O)C(=O)N(c4nnc(SCc5ccc(F)cc5)s4)C3c3cccnc3)nc12. The van der Waals surface area contributed by atoms with E-state index in [4.69, 9.17) is 0 Å². The molecule has 1 N–H and O–H groups in total. The first kappa shape index (κ1) is 25.8. The Bertz CT molecular complexity index is 1800. The van der Waals surface area contributed by atoms with Crippen LogP contribution in [-0.2, 0) is 15.3 Å². The van der Waals surface area contributed by atoms with Gasteiger partial charge in [-0.2, -0.15) is 0 Å². The smallest absolute Gasteiger partial charge is 0.301 e. The van der Waals surface area contributed by atoms with Gasteiger partial charge in [0.25, 0.3) is 5.78 Å². The summed E-state index contributed by atoms with van der Waals surface area (Å²) in [6.07, 6.45) is 4.95. The number of rotatable bonds is 6. The second kappa shape index (κ2) is 10.3. The normalized spacial score (nSPS) is 16.8. The molecule has 1 aliphatic heterocycles. The van der Waals surface area contributed by atoms with Crippen molar-refractivity contribution in [3.05, 3.63) is 107 Å². The van der Waals surface area contributed by atoms with Crippen LogP contribution in [-0.4, -0.2) is 41.4 Å². The number of aliphatic hydroxyl groups is 1. The number of carbonyl (C=O) groups is 2. The van der Waals surface area contributed by atoms with Gasteiger partial charge in [-0.3, -0.25) is 19.5 Å². The number of hydrogen-bond acceptors (Lipinski definition) is 9. The van der Waals surface area contributed by atoms with Gasteiger partial charge in [-0.1, -0.05) is 47.4 Å². The maximum absolute atomic E-state index is 13.5. The Morgan fingerprint density at radius 1 is 1.10 bits per heavy atom. The molecular weight excluding hydrogens is 551 g/mol. The second-order valence-corrected chi connectivity index (χ2v) is 11.3. The van der Waals surface area contributed by atoms with E-state index in [0.717, 1.165) is 22.5 Å². The summed E-state index contributed by atoms with van der Waals surface area (Å²) in [6, 6.07) is 12.4. The molecule has 9 nitrogen and oxygen atoms in total. The van der Waals surface area contributed by atoms with Crippen molar-refractivity contribution < 1.29 is 19.1 Å². The zero-order valence-electron chi connectivity index (χ0n) is 21.3. The van der Waals surface area contributed by atoms with E-state index >= 15 is 0 Å². The molecule has 1 fully saturated rings. The summed E-state index contributed by atoms with van der Waals surface area (Å²) >= 11 is 2.53. The number of anilines is 1. The maximum atomic E-state index is 13.5. The van der Waals surface area contributed by atoms with Gasteiger partial charge in [0.05, 0.1) is 17.3 Å². The van der Waals surface area contributed by atoms with Crippen LogP contribution in [0, 0.1) is 19.7 Å². The fourth-order valence-corrected chi connectivity index (χ4v) is 6.46. The highest BCUT2D eigenvalue weighted by Crippen LogP contribution is 2.44. The number of carbonyl (C=O) groups excluding carboxylic acids is 2. The number of imidazole rings is 1. The number of hydrogen-bond donors (Lipinski definition) is 1. The molecule has 1 atom stereocenters. The van der Waals surface area contributed by atoms with E-state index in [1.807, 2.05) is 29.7 Å². The molecule has 0 radical (unpaired) electrons. The average Bonchev–Trinajstić information content (AvgIpc) is 3.64. The Kier molecular flexibility index (Phi) is 6.64. The van der Waals surface area contributed by atoms with Crippen LogP contribution in [0.1, 0.15) is 34.1 Å². The zero-order valence-corrected chi connectivity index (χ0v) is 22.9. The third-order valence-corrected chi connectivity index (χ3v) is 8.76. The number of aromatic nitrogens is 5. The molecule has 1 aliphatic rings. The first-order valence-electron chi connectivity index (χ1n) is 12.2. The molecule has 40 heavy (non-hydrogen) atoms. The summed E-state index contributed by atoms with van der Waals surface area (Å²) in [7, 11) is 0. The topological polar surface area (TPSA) is 114 Å². The molecule has 0 aliphatic carbocycles. The number of Topliss-reactive ketones (excluding diaryl/α,β-unsaturated/α-hetero) is 1. The van der Waals surface area contributed by atoms with Crippen LogP contribution in [0.25, 0.3) is 11.4 Å². The average molecular weight is 573 g/mol. The Hall–Kier alpha value is -4.42. The monoisotopic (exact) mass is 572 g/mol. The first-order valence-corrected chi connectivity index (χ1v) is 14.0. The minimum Gasteiger partial charge on any atom is -0.505 e. The van der Waals surface area contributed by atoms with E-state index in [1.54, 1.807) is 43.6 Å². The van der Waals surface area contributed by atoms with Crippen molar-refractivity contribution in [3.63, 3.8) is 0 Å². The van der Waals surface area contributed by atoms with Gasteiger partial charge in [-0.25, -0.2) is 9.37 Å². The van der Waals surface area contributed by atoms with Gasteiger partial charge >= 0.3 is 5.91 Å². The molecule has 12 heteroatoms. The quantitative estimate of drug-likeness (QED) is 0.0965. The summed E-state index contributed by atoms with van der Waals surface area (Å²) in [5.74, 6) is -1.85. The lowest BCUT2D eigenvalue weighted by molar-refractivity contribution is -0.132. The molecule has 5 heterocycles. The van der Waals surface area contributed by atoms with Gasteiger partial charge < -0.3 is 9.51 Å². The van der Waals surface area contributed by atoms with Gasteiger partial charge in [0, 0.05) is 24.3 Å². The van der Waals surface area contributed by atoms with Crippen LogP contribution in [0.2, 0.25) is 0 Å². The molecule has 200 valence electrons. The Morgan fingerprint density at radius 3 is 2.62 bits per heavy atom. The minimum atomic E-state index is -0.984. The van der Waals surface area contributed by atoms with E-state index in [1.165, 1.54) is 28.8 Å². The van der Waals surface area contributed by atoms with Crippen molar-refractivity contribution in [2.45, 2.75) is 30.0 Å². The van der Waals surface area contributed by atoms with Crippen molar-refractivity contribution in [2.24, 2.45) is 0 Å². The summed E-state index contributed by atoms with van der Waals surface area (Å²) in [4.78, 5) is 37.0. The van der Waals surface area contributed by atoms with Crippen LogP contribution in [0.3, 0.4) is 0 Å². The van der Waals surface area contributed by atoms with Crippen molar-refractivity contribution in [1.29, 1.82) is 0 Å². The third-order valence-electron chi connectivity index (χ3n) is 6.63. The lowest BCUT2D eigenvalue weighted by Crippen LogP contribution is -2.29. The van der Waals surface area contributed by atoms with Crippen molar-refractivity contribution in [2.75, 3.05) is 4.90 Å². The predicted octanol–water partition coefficient (Wildman–Crippen LogP) is 5.26. The number of benzene rings is 1. The maximum Gasteiger partial charge on any atom is 0.301 e. The van der Waals surface area contributed by atoms with Crippen LogP contribution in [0.5, 0.6) is 0 Å². The molecule has 6 rings (SSSR count).